The summed E-state index contributed by atoms with van der Waals surface area (Å²) < 4.78 is 4.53. The van der Waals surface area contributed by atoms with Crippen LogP contribution in [-0.2, 0) is 0 Å². The van der Waals surface area contributed by atoms with Crippen LogP contribution in [0, 0.1) is 22.7 Å². The number of rotatable bonds is 4. The number of aromatic nitrogens is 2. The van der Waals surface area contributed by atoms with Crippen molar-refractivity contribution in [1.29, 1.82) is 10.5 Å². The quantitative estimate of drug-likeness (QED) is 0.199. The van der Waals surface area contributed by atoms with Crippen LogP contribution in [-0.4, -0.2) is 9.13 Å². The Morgan fingerprint density at radius 2 is 0.979 bits per heavy atom. The number of benzene rings is 7. The second kappa shape index (κ2) is 10.9. The highest BCUT2D eigenvalue weighted by Crippen LogP contribution is 2.41. The number of hydrogen-bond acceptors (Lipinski definition) is 2. The van der Waals surface area contributed by atoms with Crippen molar-refractivity contribution in [2.45, 2.75) is 0 Å². The molecule has 9 aromatic rings. The summed E-state index contributed by atoms with van der Waals surface area (Å²) >= 11 is 0. The lowest BCUT2D eigenvalue weighted by molar-refractivity contribution is 1.18. The Balaban J connectivity index is 1.30. The van der Waals surface area contributed by atoms with Gasteiger partial charge in [-0.3, -0.25) is 0 Å². The van der Waals surface area contributed by atoms with Crippen LogP contribution in [0.1, 0.15) is 11.1 Å². The van der Waals surface area contributed by atoms with Crippen molar-refractivity contribution in [1.82, 2.24) is 9.13 Å². The summed E-state index contributed by atoms with van der Waals surface area (Å²) in [7, 11) is 0. The van der Waals surface area contributed by atoms with E-state index >= 15 is 0 Å². The minimum atomic E-state index is 0.565. The van der Waals surface area contributed by atoms with Gasteiger partial charge in [-0.1, -0.05) is 103 Å². The van der Waals surface area contributed by atoms with Crippen molar-refractivity contribution in [3.63, 3.8) is 0 Å². The highest BCUT2D eigenvalue weighted by atomic mass is 15.0. The molecule has 48 heavy (non-hydrogen) atoms. The topological polar surface area (TPSA) is 57.4 Å². The van der Waals surface area contributed by atoms with Crippen LogP contribution >= 0.6 is 0 Å². The SMILES string of the molecule is N#Cc1cc(-c2ccccc2-c2ccccc2-n2c3ccccc3c3ccccc32)cc(-n2c3ccccc3c3c(C#N)cccc32)c1. The van der Waals surface area contributed by atoms with Crippen molar-refractivity contribution in [3.05, 3.63) is 169 Å². The van der Waals surface area contributed by atoms with Gasteiger partial charge in [-0.15, -0.1) is 0 Å². The second-order valence-corrected chi connectivity index (χ2v) is 12.0. The summed E-state index contributed by atoms with van der Waals surface area (Å²) in [5.74, 6) is 0. The molecule has 222 valence electrons. The van der Waals surface area contributed by atoms with Crippen LogP contribution in [0.15, 0.2) is 158 Å². The van der Waals surface area contributed by atoms with Gasteiger partial charge in [-0.05, 0) is 71.3 Å². The molecule has 0 radical (unpaired) electrons. The average molecular weight is 611 g/mol. The standard InChI is InChI=1S/C44H26N4/c45-27-29-24-31(26-32(25-29)47-42-22-10-6-18-38(42)44-30(28-46)12-11-23-43(44)47)33-13-1-2-14-34(33)35-15-3-7-19-39(35)48-40-20-8-4-16-36(40)37-17-5-9-21-41(37)48/h1-26H. The van der Waals surface area contributed by atoms with Crippen molar-refractivity contribution >= 4 is 43.6 Å². The van der Waals surface area contributed by atoms with E-state index in [1.54, 1.807) is 0 Å². The molecule has 0 atom stereocenters. The third-order valence-corrected chi connectivity index (χ3v) is 9.38. The van der Waals surface area contributed by atoms with Gasteiger partial charge in [-0.2, -0.15) is 10.5 Å². The molecule has 4 heteroatoms. The number of fused-ring (bicyclic) bond motifs is 6. The van der Waals surface area contributed by atoms with Crippen LogP contribution in [0.4, 0.5) is 0 Å². The molecule has 0 N–H and O–H groups in total. The predicted octanol–water partition coefficient (Wildman–Crippen LogP) is 11.0. The molecule has 0 aliphatic heterocycles. The highest BCUT2D eigenvalue weighted by Gasteiger charge is 2.19. The van der Waals surface area contributed by atoms with E-state index in [1.165, 1.54) is 10.8 Å². The van der Waals surface area contributed by atoms with Gasteiger partial charge in [0.2, 0.25) is 0 Å². The van der Waals surface area contributed by atoms with Crippen molar-refractivity contribution in [2.75, 3.05) is 0 Å². The van der Waals surface area contributed by atoms with Crippen LogP contribution < -0.4 is 0 Å². The van der Waals surface area contributed by atoms with Gasteiger partial charge in [0, 0.05) is 32.8 Å². The summed E-state index contributed by atoms with van der Waals surface area (Å²) in [6, 6.07) is 59.0. The summed E-state index contributed by atoms with van der Waals surface area (Å²) in [6.07, 6.45) is 0. The van der Waals surface area contributed by atoms with E-state index in [4.69, 9.17) is 0 Å². The summed E-state index contributed by atoms with van der Waals surface area (Å²) in [5.41, 5.74) is 11.5. The molecular weight excluding hydrogens is 585 g/mol. The van der Waals surface area contributed by atoms with Gasteiger partial charge in [0.25, 0.3) is 0 Å². The molecule has 0 aliphatic carbocycles. The maximum Gasteiger partial charge on any atom is 0.0998 e. The third-order valence-electron chi connectivity index (χ3n) is 9.38. The summed E-state index contributed by atoms with van der Waals surface area (Å²) in [5, 5.41) is 24.6. The fourth-order valence-electron chi connectivity index (χ4n) is 7.40. The Hall–Kier alpha value is -6.88. The zero-order valence-corrected chi connectivity index (χ0v) is 25.8. The monoisotopic (exact) mass is 610 g/mol. The molecule has 9 rings (SSSR count). The molecule has 7 aromatic carbocycles. The fraction of sp³-hybridized carbons (Fsp3) is 0. The molecule has 2 aromatic heterocycles. The van der Waals surface area contributed by atoms with E-state index in [9.17, 15) is 10.5 Å². The first kappa shape index (κ1) is 27.4. The molecule has 0 spiro atoms. The maximum absolute atomic E-state index is 10.3. The smallest absolute Gasteiger partial charge is 0.0998 e. The van der Waals surface area contributed by atoms with Crippen molar-refractivity contribution in [2.24, 2.45) is 0 Å². The highest BCUT2D eigenvalue weighted by molar-refractivity contribution is 6.12. The number of hydrogen-bond donors (Lipinski definition) is 0. The fourth-order valence-corrected chi connectivity index (χ4v) is 7.40. The van der Waals surface area contributed by atoms with Gasteiger partial charge < -0.3 is 9.13 Å². The lowest BCUT2D eigenvalue weighted by Gasteiger charge is -2.18. The van der Waals surface area contributed by atoms with Gasteiger partial charge in [0.1, 0.15) is 0 Å². The first-order valence-corrected chi connectivity index (χ1v) is 15.9. The molecule has 0 fully saturated rings. The maximum atomic E-state index is 10.3. The lowest BCUT2D eigenvalue weighted by atomic mass is 9.92. The van der Waals surface area contributed by atoms with Crippen molar-refractivity contribution in [3.8, 4) is 45.8 Å². The Morgan fingerprint density at radius 3 is 1.67 bits per heavy atom. The molecule has 0 aliphatic rings. The Kier molecular flexibility index (Phi) is 6.22. The second-order valence-electron chi connectivity index (χ2n) is 12.0. The minimum absolute atomic E-state index is 0.565. The third kappa shape index (κ3) is 4.07. The van der Waals surface area contributed by atoms with Crippen molar-refractivity contribution < 1.29 is 0 Å². The summed E-state index contributed by atoms with van der Waals surface area (Å²) in [6.45, 7) is 0. The molecule has 0 saturated carbocycles. The van der Waals surface area contributed by atoms with Crippen LogP contribution in [0.5, 0.6) is 0 Å². The molecule has 0 saturated heterocycles. The first-order valence-electron chi connectivity index (χ1n) is 15.9. The van der Waals surface area contributed by atoms with Crippen LogP contribution in [0.3, 0.4) is 0 Å². The first-order chi connectivity index (χ1) is 23.7. The van der Waals surface area contributed by atoms with E-state index in [-0.39, 0.29) is 0 Å². The predicted molar refractivity (Wildman–Crippen MR) is 195 cm³/mol. The lowest BCUT2D eigenvalue weighted by Crippen LogP contribution is -1.99. The zero-order valence-electron chi connectivity index (χ0n) is 25.8. The van der Waals surface area contributed by atoms with E-state index in [0.29, 0.717) is 11.1 Å². The Morgan fingerprint density at radius 1 is 0.417 bits per heavy atom. The van der Waals surface area contributed by atoms with Crippen LogP contribution in [0.2, 0.25) is 0 Å². The van der Waals surface area contributed by atoms with Crippen LogP contribution in [0.25, 0.3) is 77.2 Å². The van der Waals surface area contributed by atoms with E-state index in [2.05, 4.69) is 137 Å². The molecule has 2 heterocycles. The van der Waals surface area contributed by atoms with Gasteiger partial charge >= 0.3 is 0 Å². The zero-order chi connectivity index (χ0) is 32.2. The normalized spacial score (nSPS) is 11.3. The number of nitrogens with zero attached hydrogens (tertiary/aromatic N) is 4. The van der Waals surface area contributed by atoms with Gasteiger partial charge in [0.15, 0.2) is 0 Å². The van der Waals surface area contributed by atoms with E-state index in [1.807, 2.05) is 42.5 Å². The van der Waals surface area contributed by atoms with E-state index < -0.39 is 0 Å². The molecular formula is C44H26N4. The summed E-state index contributed by atoms with van der Waals surface area (Å²) in [4.78, 5) is 0. The van der Waals surface area contributed by atoms with Gasteiger partial charge in [0.05, 0.1) is 51.0 Å². The molecule has 0 amide bonds. The largest absolute Gasteiger partial charge is 0.309 e. The number of para-hydroxylation sites is 4. The molecule has 0 bridgehead atoms. The number of nitriles is 2. The Labute approximate surface area is 277 Å². The van der Waals surface area contributed by atoms with Gasteiger partial charge in [-0.25, -0.2) is 0 Å². The molecule has 4 nitrogen and oxygen atoms in total. The molecule has 0 unspecified atom stereocenters. The average Bonchev–Trinajstić information content (AvgIpc) is 3.68. The minimum Gasteiger partial charge on any atom is -0.309 e. The van der Waals surface area contributed by atoms with E-state index in [0.717, 1.165) is 66.5 Å². The Bertz CT molecular complexity index is 2760.